The zero-order valence-electron chi connectivity index (χ0n) is 14.8. The molecule has 1 unspecified atom stereocenters. The van der Waals surface area contributed by atoms with E-state index in [9.17, 15) is 19.8 Å². The van der Waals surface area contributed by atoms with Gasteiger partial charge in [0.1, 0.15) is 0 Å². The van der Waals surface area contributed by atoms with Gasteiger partial charge in [-0.2, -0.15) is 0 Å². The van der Waals surface area contributed by atoms with Crippen LogP contribution in [-0.2, 0) is 19.1 Å². The molecule has 0 aliphatic carbocycles. The molecule has 0 radical (unpaired) electrons. The van der Waals surface area contributed by atoms with E-state index >= 15 is 0 Å². The largest absolute Gasteiger partial charge is 0.403 e. The van der Waals surface area contributed by atoms with E-state index in [0.29, 0.717) is 12.8 Å². The SMILES string of the molecule is CCCCCCC(=O)OC(O)(OC(=O)CCCCCC)C(O)CO. The first-order valence-corrected chi connectivity index (χ1v) is 8.84. The van der Waals surface area contributed by atoms with Gasteiger partial charge in [0.25, 0.3) is 0 Å². The highest BCUT2D eigenvalue weighted by Gasteiger charge is 2.44. The predicted octanol–water partition coefficient (Wildman–Crippen LogP) is 2.01. The number of aliphatic hydroxyl groups excluding tert-OH is 2. The second-order valence-corrected chi connectivity index (χ2v) is 5.90. The van der Waals surface area contributed by atoms with Crippen LogP contribution in [0.1, 0.15) is 78.1 Å². The van der Waals surface area contributed by atoms with Gasteiger partial charge in [-0.3, -0.25) is 9.59 Å². The summed E-state index contributed by atoms with van der Waals surface area (Å²) in [4.78, 5) is 23.5. The van der Waals surface area contributed by atoms with E-state index in [-0.39, 0.29) is 12.8 Å². The fourth-order valence-electron chi connectivity index (χ4n) is 2.09. The molecule has 0 amide bonds. The van der Waals surface area contributed by atoms with Gasteiger partial charge in [0.2, 0.25) is 0 Å². The van der Waals surface area contributed by atoms with Gasteiger partial charge in [-0.05, 0) is 12.8 Å². The van der Waals surface area contributed by atoms with Gasteiger partial charge >= 0.3 is 17.9 Å². The van der Waals surface area contributed by atoms with E-state index in [1.807, 2.05) is 13.8 Å². The normalized spacial score (nSPS) is 12.7. The lowest BCUT2D eigenvalue weighted by Gasteiger charge is -2.30. The summed E-state index contributed by atoms with van der Waals surface area (Å²) in [5.41, 5.74) is 0. The van der Waals surface area contributed by atoms with Crippen molar-refractivity contribution in [1.29, 1.82) is 0 Å². The van der Waals surface area contributed by atoms with E-state index < -0.39 is 30.6 Å². The van der Waals surface area contributed by atoms with Gasteiger partial charge in [-0.15, -0.1) is 0 Å². The molecule has 0 aromatic heterocycles. The summed E-state index contributed by atoms with van der Waals surface area (Å²) in [6.07, 6.45) is 4.95. The van der Waals surface area contributed by atoms with Gasteiger partial charge in [0, 0.05) is 12.8 Å². The van der Waals surface area contributed by atoms with Crippen LogP contribution in [0, 0.1) is 0 Å². The number of unbranched alkanes of at least 4 members (excludes halogenated alkanes) is 6. The number of esters is 2. The lowest BCUT2D eigenvalue weighted by atomic mass is 10.1. The standard InChI is InChI=1S/C17H32O7/c1-3-5-7-9-11-15(20)23-17(22,14(19)13-18)24-16(21)12-10-8-6-4-2/h14,18-19,22H,3-13H2,1-2H3. The van der Waals surface area contributed by atoms with Crippen molar-refractivity contribution >= 4 is 11.9 Å². The number of hydrogen-bond acceptors (Lipinski definition) is 7. The second-order valence-electron chi connectivity index (χ2n) is 5.90. The highest BCUT2D eigenvalue weighted by Crippen LogP contribution is 2.19. The average molecular weight is 348 g/mol. The number of aliphatic hydroxyl groups is 3. The van der Waals surface area contributed by atoms with Gasteiger partial charge in [0.15, 0.2) is 6.10 Å². The lowest BCUT2D eigenvalue weighted by Crippen LogP contribution is -2.51. The molecular formula is C17H32O7. The third-order valence-electron chi connectivity index (χ3n) is 3.58. The molecule has 0 aromatic rings. The first-order chi connectivity index (χ1) is 11.4. The summed E-state index contributed by atoms with van der Waals surface area (Å²) >= 11 is 0. The van der Waals surface area contributed by atoms with Crippen LogP contribution in [0.3, 0.4) is 0 Å². The Hall–Kier alpha value is -1.18. The Morgan fingerprint density at radius 1 is 0.875 bits per heavy atom. The number of ether oxygens (including phenoxy) is 2. The van der Waals surface area contributed by atoms with Crippen molar-refractivity contribution in [2.75, 3.05) is 6.61 Å². The van der Waals surface area contributed by atoms with Crippen LogP contribution in [0.25, 0.3) is 0 Å². The molecule has 0 heterocycles. The van der Waals surface area contributed by atoms with Crippen LogP contribution < -0.4 is 0 Å². The maximum atomic E-state index is 11.8. The zero-order chi connectivity index (χ0) is 18.4. The molecular weight excluding hydrogens is 316 g/mol. The van der Waals surface area contributed by atoms with Crippen molar-refractivity contribution in [3.8, 4) is 0 Å². The van der Waals surface area contributed by atoms with Gasteiger partial charge < -0.3 is 24.8 Å². The third-order valence-corrected chi connectivity index (χ3v) is 3.58. The molecule has 0 saturated heterocycles. The molecule has 3 N–H and O–H groups in total. The average Bonchev–Trinajstić information content (AvgIpc) is 2.54. The second kappa shape index (κ2) is 13.1. The van der Waals surface area contributed by atoms with Crippen LogP contribution in [0.4, 0.5) is 0 Å². The quantitative estimate of drug-likeness (QED) is 0.250. The monoisotopic (exact) mass is 348 g/mol. The number of hydrogen-bond donors (Lipinski definition) is 3. The summed E-state index contributed by atoms with van der Waals surface area (Å²) < 4.78 is 9.47. The molecule has 0 aromatic carbocycles. The molecule has 24 heavy (non-hydrogen) atoms. The van der Waals surface area contributed by atoms with E-state index in [0.717, 1.165) is 38.5 Å². The van der Waals surface area contributed by atoms with Gasteiger partial charge in [-0.1, -0.05) is 52.4 Å². The van der Waals surface area contributed by atoms with Crippen LogP contribution in [0.5, 0.6) is 0 Å². The van der Waals surface area contributed by atoms with Crippen molar-refractivity contribution in [1.82, 2.24) is 0 Å². The highest BCUT2D eigenvalue weighted by atomic mass is 16.8. The smallest absolute Gasteiger partial charge is 0.396 e. The van der Waals surface area contributed by atoms with Crippen molar-refractivity contribution < 1.29 is 34.4 Å². The molecule has 0 aliphatic rings. The Kier molecular flexibility index (Phi) is 12.5. The molecule has 7 nitrogen and oxygen atoms in total. The summed E-state index contributed by atoms with van der Waals surface area (Å²) in [5, 5.41) is 28.8. The van der Waals surface area contributed by atoms with Crippen LogP contribution in [0.15, 0.2) is 0 Å². The van der Waals surface area contributed by atoms with E-state index in [1.54, 1.807) is 0 Å². The van der Waals surface area contributed by atoms with Crippen molar-refractivity contribution in [2.45, 2.75) is 90.1 Å². The van der Waals surface area contributed by atoms with E-state index in [1.165, 1.54) is 0 Å². The number of rotatable bonds is 14. The summed E-state index contributed by atoms with van der Waals surface area (Å²) in [5.74, 6) is -4.43. The minimum absolute atomic E-state index is 0.0362. The van der Waals surface area contributed by atoms with Crippen molar-refractivity contribution in [2.24, 2.45) is 0 Å². The molecule has 142 valence electrons. The molecule has 0 aliphatic heterocycles. The fraction of sp³-hybridized carbons (Fsp3) is 0.882. The lowest BCUT2D eigenvalue weighted by molar-refractivity contribution is -0.364. The Balaban J connectivity index is 4.49. The van der Waals surface area contributed by atoms with Gasteiger partial charge in [-0.25, -0.2) is 0 Å². The molecule has 0 fully saturated rings. The summed E-state index contributed by atoms with van der Waals surface area (Å²) in [6, 6.07) is 0. The molecule has 7 heteroatoms. The maximum Gasteiger partial charge on any atom is 0.403 e. The first kappa shape index (κ1) is 22.8. The molecule has 1 atom stereocenters. The van der Waals surface area contributed by atoms with E-state index in [4.69, 9.17) is 14.6 Å². The number of carbonyl (C=O) groups excluding carboxylic acids is 2. The molecule has 0 saturated carbocycles. The zero-order valence-corrected chi connectivity index (χ0v) is 14.8. The van der Waals surface area contributed by atoms with Crippen LogP contribution >= 0.6 is 0 Å². The Morgan fingerprint density at radius 3 is 1.62 bits per heavy atom. The molecule has 0 spiro atoms. The minimum Gasteiger partial charge on any atom is -0.396 e. The van der Waals surface area contributed by atoms with Crippen molar-refractivity contribution in [3.63, 3.8) is 0 Å². The minimum atomic E-state index is -2.85. The molecule has 0 bridgehead atoms. The third kappa shape index (κ3) is 9.85. The Bertz CT molecular complexity index is 331. The number of carbonyl (C=O) groups is 2. The van der Waals surface area contributed by atoms with E-state index in [2.05, 4.69) is 0 Å². The van der Waals surface area contributed by atoms with Crippen LogP contribution in [0.2, 0.25) is 0 Å². The predicted molar refractivity (Wildman–Crippen MR) is 87.7 cm³/mol. The topological polar surface area (TPSA) is 113 Å². The highest BCUT2D eigenvalue weighted by molar-refractivity contribution is 5.71. The van der Waals surface area contributed by atoms with Gasteiger partial charge in [0.05, 0.1) is 6.61 Å². The van der Waals surface area contributed by atoms with Crippen molar-refractivity contribution in [3.05, 3.63) is 0 Å². The maximum absolute atomic E-state index is 11.8. The first-order valence-electron chi connectivity index (χ1n) is 8.84. The molecule has 0 rings (SSSR count). The summed E-state index contributed by atoms with van der Waals surface area (Å²) in [7, 11) is 0. The summed E-state index contributed by atoms with van der Waals surface area (Å²) in [6.45, 7) is 3.16. The Labute approximate surface area is 144 Å². The fourth-order valence-corrected chi connectivity index (χ4v) is 2.09. The Morgan fingerprint density at radius 2 is 1.29 bits per heavy atom. The van der Waals surface area contributed by atoms with Crippen LogP contribution in [-0.4, -0.2) is 45.9 Å².